The normalized spacial score (nSPS) is 15.4. The number of thiophene rings is 1. The molecule has 0 fully saturated rings. The summed E-state index contributed by atoms with van der Waals surface area (Å²) in [4.78, 5) is 25.6. The third-order valence-corrected chi connectivity index (χ3v) is 5.93. The molecule has 6 heteroatoms. The summed E-state index contributed by atoms with van der Waals surface area (Å²) in [6.07, 6.45) is 2.88. The lowest BCUT2D eigenvalue weighted by molar-refractivity contribution is -0.709. The molecule has 25 heavy (non-hydrogen) atoms. The number of aryl methyl sites for hydroxylation is 1. The van der Waals surface area contributed by atoms with Crippen molar-refractivity contribution in [3.8, 4) is 0 Å². The van der Waals surface area contributed by atoms with Crippen molar-refractivity contribution >= 4 is 28.2 Å². The predicted octanol–water partition coefficient (Wildman–Crippen LogP) is 1.99. The summed E-state index contributed by atoms with van der Waals surface area (Å²) in [6.45, 7) is 3.95. The van der Waals surface area contributed by atoms with Crippen molar-refractivity contribution in [2.45, 2.75) is 45.2 Å². The van der Waals surface area contributed by atoms with Crippen LogP contribution in [-0.2, 0) is 17.6 Å². The van der Waals surface area contributed by atoms with Crippen molar-refractivity contribution < 1.29 is 14.9 Å². The molecule has 132 valence electrons. The Labute approximate surface area is 151 Å². The highest BCUT2D eigenvalue weighted by Gasteiger charge is 2.28. The Bertz CT molecular complexity index is 785. The van der Waals surface area contributed by atoms with Gasteiger partial charge in [0.25, 0.3) is 11.8 Å². The lowest BCUT2D eigenvalue weighted by Gasteiger charge is -2.16. The Kier molecular flexibility index (Phi) is 5.20. The first-order valence-corrected chi connectivity index (χ1v) is 9.44. The number of nitrogens with one attached hydrogen (secondary N) is 1. The summed E-state index contributed by atoms with van der Waals surface area (Å²) in [5.74, 6) is -0.561. The SMILES string of the molecule is C[C@H]([NH2+][C@H](C)c1ccccc1)C(=O)Nc1sc2c(c1C(N)=O)CCC2. The molecule has 0 saturated carbocycles. The van der Waals surface area contributed by atoms with Gasteiger partial charge in [0, 0.05) is 10.4 Å². The molecule has 1 aliphatic carbocycles. The van der Waals surface area contributed by atoms with Crippen LogP contribution in [0.1, 0.15) is 52.7 Å². The first-order chi connectivity index (χ1) is 12.0. The molecule has 0 saturated heterocycles. The van der Waals surface area contributed by atoms with E-state index in [4.69, 9.17) is 5.73 Å². The number of anilines is 1. The van der Waals surface area contributed by atoms with Gasteiger partial charge in [0.1, 0.15) is 11.0 Å². The third kappa shape index (κ3) is 3.75. The number of benzene rings is 1. The van der Waals surface area contributed by atoms with Crippen molar-refractivity contribution in [1.82, 2.24) is 0 Å². The van der Waals surface area contributed by atoms with E-state index in [1.165, 1.54) is 21.8 Å². The van der Waals surface area contributed by atoms with E-state index in [2.05, 4.69) is 24.4 Å². The number of primary amides is 1. The van der Waals surface area contributed by atoms with Crippen LogP contribution in [0, 0.1) is 0 Å². The number of carbonyl (C=O) groups is 2. The molecule has 0 bridgehead atoms. The first-order valence-electron chi connectivity index (χ1n) is 8.62. The highest BCUT2D eigenvalue weighted by Crippen LogP contribution is 2.38. The van der Waals surface area contributed by atoms with Crippen LogP contribution in [0.4, 0.5) is 5.00 Å². The van der Waals surface area contributed by atoms with Crippen molar-refractivity contribution in [3.05, 3.63) is 51.9 Å². The van der Waals surface area contributed by atoms with Gasteiger partial charge in [-0.25, -0.2) is 0 Å². The lowest BCUT2D eigenvalue weighted by Crippen LogP contribution is -2.91. The highest BCUT2D eigenvalue weighted by molar-refractivity contribution is 7.17. The number of hydrogen-bond acceptors (Lipinski definition) is 3. The van der Waals surface area contributed by atoms with Crippen molar-refractivity contribution in [2.75, 3.05) is 5.32 Å². The van der Waals surface area contributed by atoms with E-state index in [0.717, 1.165) is 24.8 Å². The maximum atomic E-state index is 12.6. The number of quaternary nitrogens is 1. The van der Waals surface area contributed by atoms with Crippen LogP contribution in [0.25, 0.3) is 0 Å². The van der Waals surface area contributed by atoms with Gasteiger partial charge in [0.2, 0.25) is 0 Å². The molecule has 0 spiro atoms. The van der Waals surface area contributed by atoms with E-state index >= 15 is 0 Å². The molecule has 0 aliphatic heterocycles. The van der Waals surface area contributed by atoms with Gasteiger partial charge in [-0.3, -0.25) is 9.59 Å². The molecule has 1 aromatic heterocycles. The van der Waals surface area contributed by atoms with E-state index in [1.54, 1.807) is 0 Å². The Morgan fingerprint density at radius 2 is 1.92 bits per heavy atom. The number of amides is 2. The van der Waals surface area contributed by atoms with E-state index < -0.39 is 5.91 Å². The molecule has 5 N–H and O–H groups in total. The standard InChI is InChI=1S/C19H23N3O2S/c1-11(13-7-4-3-5-8-13)21-12(2)18(24)22-19-16(17(20)23)14-9-6-10-15(14)25-19/h3-5,7-8,11-12,21H,6,9-10H2,1-2H3,(H2,20,23)(H,22,24)/p+1/t11-,12+/m1/s1. The smallest absolute Gasteiger partial charge is 0.282 e. The third-order valence-electron chi connectivity index (χ3n) is 4.72. The van der Waals surface area contributed by atoms with Gasteiger partial charge in [-0.05, 0) is 38.7 Å². The molecule has 0 radical (unpaired) electrons. The zero-order valence-electron chi connectivity index (χ0n) is 14.5. The largest absolute Gasteiger partial charge is 0.365 e. The second kappa shape index (κ2) is 7.37. The Hall–Kier alpha value is -2.18. The molecule has 3 rings (SSSR count). The van der Waals surface area contributed by atoms with E-state index in [0.29, 0.717) is 10.6 Å². The summed E-state index contributed by atoms with van der Waals surface area (Å²) in [6, 6.07) is 9.99. The number of rotatable bonds is 6. The van der Waals surface area contributed by atoms with Crippen LogP contribution in [-0.4, -0.2) is 17.9 Å². The van der Waals surface area contributed by atoms with Gasteiger partial charge in [-0.15, -0.1) is 11.3 Å². The van der Waals surface area contributed by atoms with E-state index in [9.17, 15) is 9.59 Å². The molecular formula is C19H24N3O2S+. The molecule has 5 nitrogen and oxygen atoms in total. The molecule has 1 aliphatic rings. The molecule has 0 unspecified atom stereocenters. The minimum Gasteiger partial charge on any atom is -0.365 e. The minimum atomic E-state index is -0.455. The Morgan fingerprint density at radius 1 is 1.20 bits per heavy atom. The fourth-order valence-electron chi connectivity index (χ4n) is 3.37. The van der Waals surface area contributed by atoms with Gasteiger partial charge in [0.15, 0.2) is 6.04 Å². The molecule has 2 aromatic rings. The van der Waals surface area contributed by atoms with Crippen LogP contribution in [0.15, 0.2) is 30.3 Å². The summed E-state index contributed by atoms with van der Waals surface area (Å²) in [7, 11) is 0. The molecule has 2 atom stereocenters. The van der Waals surface area contributed by atoms with Gasteiger partial charge in [0.05, 0.1) is 5.56 Å². The van der Waals surface area contributed by atoms with Gasteiger partial charge >= 0.3 is 0 Å². The van der Waals surface area contributed by atoms with Crippen molar-refractivity contribution in [1.29, 1.82) is 0 Å². The summed E-state index contributed by atoms with van der Waals surface area (Å²) in [5, 5.41) is 5.56. The van der Waals surface area contributed by atoms with Crippen LogP contribution >= 0.6 is 11.3 Å². The van der Waals surface area contributed by atoms with Crippen molar-refractivity contribution in [2.24, 2.45) is 5.73 Å². The number of hydrogen-bond donors (Lipinski definition) is 3. The topological polar surface area (TPSA) is 88.8 Å². The van der Waals surface area contributed by atoms with Crippen LogP contribution in [0.2, 0.25) is 0 Å². The number of nitrogens with two attached hydrogens (primary N) is 2. The minimum absolute atomic E-state index is 0.106. The van der Waals surface area contributed by atoms with E-state index in [-0.39, 0.29) is 18.0 Å². The average molecular weight is 358 g/mol. The second-order valence-electron chi connectivity index (χ2n) is 6.60. The maximum Gasteiger partial charge on any atom is 0.282 e. The van der Waals surface area contributed by atoms with E-state index in [1.807, 2.05) is 30.4 Å². The van der Waals surface area contributed by atoms with Crippen molar-refractivity contribution in [3.63, 3.8) is 0 Å². The molecule has 1 heterocycles. The average Bonchev–Trinajstić information content (AvgIpc) is 3.15. The summed E-state index contributed by atoms with van der Waals surface area (Å²) in [5.41, 5.74) is 8.26. The summed E-state index contributed by atoms with van der Waals surface area (Å²) < 4.78 is 0. The zero-order valence-corrected chi connectivity index (χ0v) is 15.4. The van der Waals surface area contributed by atoms with Crippen LogP contribution < -0.4 is 16.4 Å². The number of fused-ring (bicyclic) bond motifs is 1. The maximum absolute atomic E-state index is 12.6. The summed E-state index contributed by atoms with van der Waals surface area (Å²) >= 11 is 1.49. The van der Waals surface area contributed by atoms with Crippen LogP contribution in [0.3, 0.4) is 0 Å². The Morgan fingerprint density at radius 3 is 2.60 bits per heavy atom. The molecule has 1 aromatic carbocycles. The zero-order chi connectivity index (χ0) is 18.0. The number of carbonyl (C=O) groups excluding carboxylic acids is 2. The second-order valence-corrected chi connectivity index (χ2v) is 7.70. The highest BCUT2D eigenvalue weighted by atomic mass is 32.1. The molecular weight excluding hydrogens is 334 g/mol. The lowest BCUT2D eigenvalue weighted by atomic mass is 10.1. The quantitative estimate of drug-likeness (QED) is 0.737. The van der Waals surface area contributed by atoms with Gasteiger partial charge in [-0.2, -0.15) is 0 Å². The fourth-order valence-corrected chi connectivity index (χ4v) is 4.66. The Balaban J connectivity index is 1.69. The monoisotopic (exact) mass is 358 g/mol. The van der Waals surface area contributed by atoms with Gasteiger partial charge < -0.3 is 16.4 Å². The molecule has 2 amide bonds. The van der Waals surface area contributed by atoms with Crippen LogP contribution in [0.5, 0.6) is 0 Å². The first kappa shape index (κ1) is 17.6. The van der Waals surface area contributed by atoms with Gasteiger partial charge in [-0.1, -0.05) is 30.3 Å². The predicted molar refractivity (Wildman–Crippen MR) is 99.7 cm³/mol. The fraction of sp³-hybridized carbons (Fsp3) is 0.368.